The molecule has 1 aromatic carbocycles. The molecule has 0 spiro atoms. The molecule has 2 amide bonds. The van der Waals surface area contributed by atoms with Crippen LogP contribution >= 0.6 is 11.6 Å². The lowest BCUT2D eigenvalue weighted by Crippen LogP contribution is -2.32. The summed E-state index contributed by atoms with van der Waals surface area (Å²) in [6.07, 6.45) is 0.691. The molecule has 0 atom stereocenters. The fourth-order valence-corrected chi connectivity index (χ4v) is 2.21. The van der Waals surface area contributed by atoms with Gasteiger partial charge in [-0.05, 0) is 50.1 Å². The predicted octanol–water partition coefficient (Wildman–Crippen LogP) is 2.85. The van der Waals surface area contributed by atoms with E-state index in [1.807, 2.05) is 38.1 Å². The number of rotatable bonds is 6. The van der Waals surface area contributed by atoms with Gasteiger partial charge in [0.2, 0.25) is 0 Å². The molecule has 0 saturated carbocycles. The second-order valence-electron chi connectivity index (χ2n) is 5.67. The molecule has 1 aromatic heterocycles. The average Bonchev–Trinajstić information content (AvgIpc) is 2.56. The molecule has 1 heterocycles. The number of nitrogens with zero attached hydrogens (tertiary/aromatic N) is 1. The van der Waals surface area contributed by atoms with E-state index in [9.17, 15) is 9.59 Å². The SMILES string of the molecule is CC(C)NC(=O)c1cccc(C(=O)NCCc2ccc(Cl)cc2)n1. The van der Waals surface area contributed by atoms with Gasteiger partial charge in [0.25, 0.3) is 11.8 Å². The largest absolute Gasteiger partial charge is 0.350 e. The zero-order valence-corrected chi connectivity index (χ0v) is 14.4. The summed E-state index contributed by atoms with van der Waals surface area (Å²) in [6.45, 7) is 4.21. The summed E-state index contributed by atoms with van der Waals surface area (Å²) < 4.78 is 0. The van der Waals surface area contributed by atoms with Crippen LogP contribution in [-0.2, 0) is 6.42 Å². The summed E-state index contributed by atoms with van der Waals surface area (Å²) in [7, 11) is 0. The van der Waals surface area contributed by atoms with Crippen molar-refractivity contribution >= 4 is 23.4 Å². The highest BCUT2D eigenvalue weighted by molar-refractivity contribution is 6.30. The number of carbonyl (C=O) groups excluding carboxylic acids is 2. The van der Waals surface area contributed by atoms with E-state index in [1.165, 1.54) is 0 Å². The van der Waals surface area contributed by atoms with E-state index >= 15 is 0 Å². The van der Waals surface area contributed by atoms with E-state index in [1.54, 1.807) is 18.2 Å². The number of pyridine rings is 1. The minimum Gasteiger partial charge on any atom is -0.350 e. The van der Waals surface area contributed by atoms with Crippen LogP contribution in [-0.4, -0.2) is 29.4 Å². The zero-order chi connectivity index (χ0) is 17.5. The smallest absolute Gasteiger partial charge is 0.270 e. The monoisotopic (exact) mass is 345 g/mol. The topological polar surface area (TPSA) is 71.1 Å². The Kier molecular flexibility index (Phi) is 6.32. The van der Waals surface area contributed by atoms with E-state index in [0.717, 1.165) is 5.56 Å². The predicted molar refractivity (Wildman–Crippen MR) is 94.3 cm³/mol. The second-order valence-corrected chi connectivity index (χ2v) is 6.11. The first-order chi connectivity index (χ1) is 11.5. The van der Waals surface area contributed by atoms with Crippen molar-refractivity contribution in [2.75, 3.05) is 6.54 Å². The number of aromatic nitrogens is 1. The van der Waals surface area contributed by atoms with E-state index in [-0.39, 0.29) is 29.2 Å². The number of hydrogen-bond acceptors (Lipinski definition) is 3. The number of amides is 2. The minimum absolute atomic E-state index is 0.0103. The van der Waals surface area contributed by atoms with Crippen LogP contribution in [0.15, 0.2) is 42.5 Å². The van der Waals surface area contributed by atoms with Crippen LogP contribution in [0.4, 0.5) is 0 Å². The minimum atomic E-state index is -0.303. The summed E-state index contributed by atoms with van der Waals surface area (Å²) in [5.74, 6) is -0.594. The van der Waals surface area contributed by atoms with Gasteiger partial charge in [0.05, 0.1) is 0 Å². The van der Waals surface area contributed by atoms with Crippen LogP contribution in [0.3, 0.4) is 0 Å². The quantitative estimate of drug-likeness (QED) is 0.845. The van der Waals surface area contributed by atoms with Gasteiger partial charge >= 0.3 is 0 Å². The lowest BCUT2D eigenvalue weighted by molar-refractivity contribution is 0.0937. The van der Waals surface area contributed by atoms with E-state index in [4.69, 9.17) is 11.6 Å². The van der Waals surface area contributed by atoms with E-state index in [0.29, 0.717) is 18.0 Å². The zero-order valence-electron chi connectivity index (χ0n) is 13.7. The third-order valence-corrected chi connectivity index (χ3v) is 3.50. The van der Waals surface area contributed by atoms with E-state index < -0.39 is 0 Å². The van der Waals surface area contributed by atoms with Gasteiger partial charge in [-0.25, -0.2) is 4.98 Å². The Morgan fingerprint density at radius 2 is 1.67 bits per heavy atom. The van der Waals surface area contributed by atoms with Gasteiger partial charge in [0, 0.05) is 17.6 Å². The number of benzene rings is 1. The number of hydrogen-bond donors (Lipinski definition) is 2. The van der Waals surface area contributed by atoms with Crippen molar-refractivity contribution in [1.82, 2.24) is 15.6 Å². The maximum atomic E-state index is 12.2. The van der Waals surface area contributed by atoms with Crippen LogP contribution in [0.1, 0.15) is 40.4 Å². The molecule has 0 unspecified atom stereocenters. The first kappa shape index (κ1) is 17.9. The van der Waals surface area contributed by atoms with E-state index in [2.05, 4.69) is 15.6 Å². The summed E-state index contributed by atoms with van der Waals surface area (Å²) >= 11 is 5.84. The van der Waals surface area contributed by atoms with Gasteiger partial charge in [0.1, 0.15) is 11.4 Å². The number of halogens is 1. The summed E-state index contributed by atoms with van der Waals surface area (Å²) in [5.41, 5.74) is 1.54. The van der Waals surface area contributed by atoms with Crippen LogP contribution in [0.2, 0.25) is 5.02 Å². The Morgan fingerprint density at radius 1 is 1.04 bits per heavy atom. The molecule has 2 aromatic rings. The standard InChI is InChI=1S/C18H20ClN3O2/c1-12(2)21-18(24)16-5-3-4-15(22-16)17(23)20-11-10-13-6-8-14(19)9-7-13/h3-9,12H,10-11H2,1-2H3,(H,20,23)(H,21,24). The molecule has 24 heavy (non-hydrogen) atoms. The van der Waals surface area contributed by atoms with Gasteiger partial charge in [-0.1, -0.05) is 29.8 Å². The Hall–Kier alpha value is -2.40. The van der Waals surface area contributed by atoms with Crippen molar-refractivity contribution < 1.29 is 9.59 Å². The molecule has 126 valence electrons. The Bertz CT molecular complexity index is 714. The first-order valence-corrected chi connectivity index (χ1v) is 8.14. The molecular formula is C18H20ClN3O2. The molecule has 2 N–H and O–H groups in total. The second kappa shape index (κ2) is 8.45. The molecule has 0 saturated heterocycles. The Balaban J connectivity index is 1.92. The maximum Gasteiger partial charge on any atom is 0.270 e. The molecule has 0 aliphatic heterocycles. The summed E-state index contributed by atoms with van der Waals surface area (Å²) in [4.78, 5) is 28.2. The molecular weight excluding hydrogens is 326 g/mol. The highest BCUT2D eigenvalue weighted by Gasteiger charge is 2.12. The van der Waals surface area contributed by atoms with Crippen molar-refractivity contribution in [2.24, 2.45) is 0 Å². The Labute approximate surface area is 146 Å². The summed E-state index contributed by atoms with van der Waals surface area (Å²) in [5, 5.41) is 6.24. The fraction of sp³-hybridized carbons (Fsp3) is 0.278. The van der Waals surface area contributed by atoms with Crippen molar-refractivity contribution in [1.29, 1.82) is 0 Å². The van der Waals surface area contributed by atoms with Crippen molar-refractivity contribution in [2.45, 2.75) is 26.3 Å². The molecule has 5 nitrogen and oxygen atoms in total. The molecule has 0 aliphatic rings. The highest BCUT2D eigenvalue weighted by atomic mass is 35.5. The highest BCUT2D eigenvalue weighted by Crippen LogP contribution is 2.09. The molecule has 6 heteroatoms. The lowest BCUT2D eigenvalue weighted by atomic mass is 10.1. The Morgan fingerprint density at radius 3 is 2.29 bits per heavy atom. The average molecular weight is 346 g/mol. The van der Waals surface area contributed by atoms with Crippen LogP contribution < -0.4 is 10.6 Å². The van der Waals surface area contributed by atoms with Gasteiger partial charge in [0.15, 0.2) is 0 Å². The van der Waals surface area contributed by atoms with Gasteiger partial charge in [-0.3, -0.25) is 9.59 Å². The van der Waals surface area contributed by atoms with Crippen LogP contribution in [0.5, 0.6) is 0 Å². The third kappa shape index (κ3) is 5.35. The molecule has 0 bridgehead atoms. The lowest BCUT2D eigenvalue weighted by Gasteiger charge is -2.09. The van der Waals surface area contributed by atoms with Crippen LogP contribution in [0.25, 0.3) is 0 Å². The van der Waals surface area contributed by atoms with Crippen molar-refractivity contribution in [3.8, 4) is 0 Å². The van der Waals surface area contributed by atoms with Crippen molar-refractivity contribution in [3.63, 3.8) is 0 Å². The summed E-state index contributed by atoms with van der Waals surface area (Å²) in [6, 6.07) is 12.3. The molecule has 0 aliphatic carbocycles. The normalized spacial score (nSPS) is 10.5. The first-order valence-electron chi connectivity index (χ1n) is 7.76. The molecule has 0 radical (unpaired) electrons. The van der Waals surface area contributed by atoms with Gasteiger partial charge < -0.3 is 10.6 Å². The maximum absolute atomic E-state index is 12.2. The third-order valence-electron chi connectivity index (χ3n) is 3.25. The molecule has 2 rings (SSSR count). The van der Waals surface area contributed by atoms with Gasteiger partial charge in [-0.15, -0.1) is 0 Å². The fourth-order valence-electron chi connectivity index (χ4n) is 2.09. The van der Waals surface area contributed by atoms with Gasteiger partial charge in [-0.2, -0.15) is 0 Å². The number of nitrogens with one attached hydrogen (secondary N) is 2. The molecule has 0 fully saturated rings. The van der Waals surface area contributed by atoms with Crippen LogP contribution in [0, 0.1) is 0 Å². The number of carbonyl (C=O) groups is 2. The van der Waals surface area contributed by atoms with Crippen molar-refractivity contribution in [3.05, 3.63) is 64.4 Å².